The molecule has 0 bridgehead atoms. The third-order valence-corrected chi connectivity index (χ3v) is 10.1. The van der Waals surface area contributed by atoms with Gasteiger partial charge >= 0.3 is 139 Å². The average molecular weight is 923 g/mol. The van der Waals surface area contributed by atoms with Crippen molar-refractivity contribution < 1.29 is 49.0 Å². The molecule has 0 aromatic heterocycles. The average Bonchev–Trinajstić information content (AvgIpc) is 3.64. The first-order valence-corrected chi connectivity index (χ1v) is 17.7. The third-order valence-electron chi connectivity index (χ3n) is 7.29. The van der Waals surface area contributed by atoms with E-state index in [1.807, 2.05) is 12.2 Å². The molecule has 0 N–H and O–H groups in total. The maximum absolute atomic E-state index is 2.99. The Morgan fingerprint density at radius 2 is 1.07 bits per heavy atom. The zero-order chi connectivity index (χ0) is 30.5. The summed E-state index contributed by atoms with van der Waals surface area (Å²) in [5, 5.41) is 5.49. The predicted octanol–water partition coefficient (Wildman–Crippen LogP) is 5.63. The Bertz CT molecular complexity index is 1600. The van der Waals surface area contributed by atoms with Gasteiger partial charge < -0.3 is 24.8 Å². The summed E-state index contributed by atoms with van der Waals surface area (Å²) in [4.78, 5) is 0. The molecule has 6 rings (SSSR count). The van der Waals surface area contributed by atoms with Crippen molar-refractivity contribution in [3.05, 3.63) is 145 Å². The second-order valence-corrected chi connectivity index (χ2v) is 16.4. The van der Waals surface area contributed by atoms with Crippen molar-refractivity contribution in [2.24, 2.45) is 0 Å². The van der Waals surface area contributed by atoms with Crippen molar-refractivity contribution in [1.82, 2.24) is 0 Å². The van der Waals surface area contributed by atoms with E-state index in [0.717, 1.165) is 6.42 Å². The first-order chi connectivity index (χ1) is 19.8. The SMILES string of the molecule is CC(C)(C)c1ccc2[cH-]c3ccc(C(C)(C)C)cc3c2c1.[C-]1=CC=CC1.[Cl-].[Cl-].[Zr+2]=[C](c1ccc(I)cc1)c1ccc(I)cc1. The Morgan fingerprint density at radius 1 is 0.659 bits per heavy atom. The van der Waals surface area contributed by atoms with Gasteiger partial charge in [0.25, 0.3) is 0 Å². The number of hydrogen-bond acceptors (Lipinski definition) is 0. The van der Waals surface area contributed by atoms with Crippen LogP contribution in [0.25, 0.3) is 21.5 Å². The van der Waals surface area contributed by atoms with Gasteiger partial charge in [-0.2, -0.15) is 6.08 Å². The minimum absolute atomic E-state index is 0. The fourth-order valence-electron chi connectivity index (χ4n) is 4.67. The van der Waals surface area contributed by atoms with Crippen LogP contribution in [-0.2, 0) is 35.1 Å². The van der Waals surface area contributed by atoms with Crippen LogP contribution in [0, 0.1) is 13.2 Å². The van der Waals surface area contributed by atoms with Crippen LogP contribution in [0.1, 0.15) is 70.2 Å². The standard InChI is InChI=1S/C21H25.C13H8I2.C5H5.2ClH.Zr/c1-20(2,3)16-9-7-14-11-15-8-10-17(21(4,5)6)13-19(15)18(14)12-16;14-12-5-1-10(2-6-12)9-11-3-7-13(15)8-4-11;1-2-4-5-3-1;;;/h7-13H,1-6H3;1-8H;1-3H,4H2;2*1H;/q-1;;-1;;;+2/p-2. The number of hydrogen-bond donors (Lipinski definition) is 0. The molecule has 0 saturated carbocycles. The molecule has 0 radical (unpaired) electrons. The molecule has 5 aromatic rings. The van der Waals surface area contributed by atoms with Gasteiger partial charge in [-0.05, 0) is 10.8 Å². The molecule has 1 aliphatic carbocycles. The van der Waals surface area contributed by atoms with Gasteiger partial charge in [-0.3, -0.25) is 6.08 Å². The third kappa shape index (κ3) is 10.8. The van der Waals surface area contributed by atoms with Crippen LogP contribution in [0.2, 0.25) is 0 Å². The summed E-state index contributed by atoms with van der Waals surface area (Å²) in [5.41, 5.74) is 5.87. The van der Waals surface area contributed by atoms with Crippen LogP contribution in [0.15, 0.2) is 109 Å². The minimum atomic E-state index is 0. The molecule has 0 amide bonds. The van der Waals surface area contributed by atoms with Gasteiger partial charge in [-0.25, -0.2) is 12.2 Å². The van der Waals surface area contributed by atoms with Crippen molar-refractivity contribution >= 4 is 69.9 Å². The Labute approximate surface area is 319 Å². The predicted molar refractivity (Wildman–Crippen MR) is 198 cm³/mol. The summed E-state index contributed by atoms with van der Waals surface area (Å²) < 4.78 is 3.99. The topological polar surface area (TPSA) is 0 Å². The number of fused-ring (bicyclic) bond motifs is 3. The van der Waals surface area contributed by atoms with Crippen molar-refractivity contribution in [3.8, 4) is 0 Å². The van der Waals surface area contributed by atoms with Crippen LogP contribution in [0.3, 0.4) is 0 Å². The summed E-state index contributed by atoms with van der Waals surface area (Å²) in [6.45, 7) is 13.7. The summed E-state index contributed by atoms with van der Waals surface area (Å²) in [5.74, 6) is 0. The van der Waals surface area contributed by atoms with E-state index < -0.39 is 0 Å². The second-order valence-electron chi connectivity index (χ2n) is 12.6. The summed E-state index contributed by atoms with van der Waals surface area (Å²) in [6.07, 6.45) is 10.0. The van der Waals surface area contributed by atoms with Crippen LogP contribution < -0.4 is 24.8 Å². The number of rotatable bonds is 2. The molecular formula is C39H38Cl2I2Zr-2. The zero-order valence-corrected chi connectivity index (χ0v) is 34.4. The normalized spacial score (nSPS) is 12.0. The molecule has 5 aromatic carbocycles. The van der Waals surface area contributed by atoms with E-state index in [2.05, 4.69) is 190 Å². The van der Waals surface area contributed by atoms with E-state index in [4.69, 9.17) is 0 Å². The van der Waals surface area contributed by atoms with Crippen molar-refractivity contribution in [3.63, 3.8) is 0 Å². The number of allylic oxidation sites excluding steroid dienone is 4. The molecule has 44 heavy (non-hydrogen) atoms. The molecule has 0 unspecified atom stereocenters. The second kappa shape index (κ2) is 17.3. The molecule has 1 aliphatic rings. The summed E-state index contributed by atoms with van der Waals surface area (Å²) in [6, 6.07) is 33.6. The van der Waals surface area contributed by atoms with Crippen LogP contribution in [0.5, 0.6) is 0 Å². The Morgan fingerprint density at radius 3 is 1.36 bits per heavy atom. The van der Waals surface area contributed by atoms with Gasteiger partial charge in [0.15, 0.2) is 0 Å². The number of halogens is 4. The Hall–Kier alpha value is -0.977. The molecule has 0 atom stereocenters. The van der Waals surface area contributed by atoms with E-state index in [1.165, 1.54) is 78.4 Å². The van der Waals surface area contributed by atoms with E-state index in [9.17, 15) is 0 Å². The molecule has 228 valence electrons. The monoisotopic (exact) mass is 920 g/mol. The van der Waals surface area contributed by atoms with Gasteiger partial charge in [-0.15, -0.1) is 46.2 Å². The van der Waals surface area contributed by atoms with E-state index in [0.29, 0.717) is 0 Å². The fourth-order valence-corrected chi connectivity index (χ4v) is 6.21. The van der Waals surface area contributed by atoms with E-state index in [-0.39, 0.29) is 35.6 Å². The molecule has 0 spiro atoms. The summed E-state index contributed by atoms with van der Waals surface area (Å²) >= 11 is 6.13. The Balaban J connectivity index is 0.000000260. The maximum atomic E-state index is 2.99. The quantitative estimate of drug-likeness (QED) is 0.159. The van der Waals surface area contributed by atoms with Crippen molar-refractivity contribution in [2.75, 3.05) is 0 Å². The van der Waals surface area contributed by atoms with E-state index in [1.54, 1.807) is 0 Å². The molecule has 0 heterocycles. The molecular weight excluding hydrogens is 884 g/mol. The van der Waals surface area contributed by atoms with Gasteiger partial charge in [0.2, 0.25) is 0 Å². The first kappa shape index (κ1) is 39.2. The van der Waals surface area contributed by atoms with Gasteiger partial charge in [0.1, 0.15) is 0 Å². The molecule has 0 nitrogen and oxygen atoms in total. The van der Waals surface area contributed by atoms with Crippen molar-refractivity contribution in [2.45, 2.75) is 58.8 Å². The Kier molecular flexibility index (Phi) is 15.4. The van der Waals surface area contributed by atoms with Gasteiger partial charge in [0, 0.05) is 0 Å². The number of benzene rings is 4. The fraction of sp³-hybridized carbons (Fsp3) is 0.231. The molecule has 5 heteroatoms. The first-order valence-electron chi connectivity index (χ1n) is 14.3. The van der Waals surface area contributed by atoms with Crippen molar-refractivity contribution in [1.29, 1.82) is 0 Å². The van der Waals surface area contributed by atoms with E-state index >= 15 is 0 Å². The van der Waals surface area contributed by atoms with Crippen LogP contribution in [-0.4, -0.2) is 3.21 Å². The van der Waals surface area contributed by atoms with Gasteiger partial charge in [-0.1, -0.05) is 76.9 Å². The molecule has 0 aliphatic heterocycles. The van der Waals surface area contributed by atoms with Gasteiger partial charge in [0.05, 0.1) is 0 Å². The summed E-state index contributed by atoms with van der Waals surface area (Å²) in [7, 11) is 0. The van der Waals surface area contributed by atoms with Crippen LogP contribution >= 0.6 is 45.2 Å². The zero-order valence-electron chi connectivity index (χ0n) is 26.1. The molecule has 0 saturated heterocycles. The van der Waals surface area contributed by atoms with Crippen LogP contribution in [0.4, 0.5) is 0 Å². The molecule has 0 fully saturated rings.